The van der Waals surface area contributed by atoms with Crippen LogP contribution in [0.15, 0.2) is 0 Å². The second kappa shape index (κ2) is 12.5. The summed E-state index contributed by atoms with van der Waals surface area (Å²) in [6, 6.07) is 0. The van der Waals surface area contributed by atoms with E-state index in [1.165, 1.54) is 6.92 Å². The highest BCUT2D eigenvalue weighted by atomic mass is 127. The minimum atomic E-state index is -1.15. The van der Waals surface area contributed by atoms with E-state index in [-0.39, 0.29) is 46.6 Å². The number of halogens is 3. The molecule has 13 heteroatoms. The van der Waals surface area contributed by atoms with Crippen LogP contribution >= 0.6 is 67.8 Å². The third-order valence-corrected chi connectivity index (χ3v) is 6.67. The van der Waals surface area contributed by atoms with E-state index < -0.39 is 30.4 Å². The van der Waals surface area contributed by atoms with Crippen LogP contribution in [-0.2, 0) is 9.63 Å². The lowest BCUT2D eigenvalue weighted by atomic mass is 10.1. The molecule has 162 valence electrons. The summed E-state index contributed by atoms with van der Waals surface area (Å²) in [5.41, 5.74) is 5.82. The first-order valence-electron chi connectivity index (χ1n) is 8.20. The van der Waals surface area contributed by atoms with Crippen molar-refractivity contribution in [3.8, 4) is 0 Å². The van der Waals surface area contributed by atoms with Gasteiger partial charge in [-0.1, -0.05) is 0 Å². The Morgan fingerprint density at radius 1 is 1.14 bits per heavy atom. The standard InChI is InChI=1S/C16H20I3N3O7/c1-7(25)22(29-4-2-3-23)14-12(18)9(15(20)27)11(17)10(13(14)19)16(28)21-5-8(26)6-24/h8,23-24,26H,2-6H2,1H3,(H2,20,27)(H,21,28). The molecule has 1 aromatic carbocycles. The van der Waals surface area contributed by atoms with Crippen molar-refractivity contribution in [3.05, 3.63) is 21.8 Å². The van der Waals surface area contributed by atoms with E-state index in [0.717, 1.165) is 5.06 Å². The number of rotatable bonds is 10. The van der Waals surface area contributed by atoms with Crippen molar-refractivity contribution in [1.29, 1.82) is 0 Å². The summed E-state index contributed by atoms with van der Waals surface area (Å²) in [4.78, 5) is 42.5. The molecule has 1 aromatic rings. The van der Waals surface area contributed by atoms with Gasteiger partial charge in [-0.15, -0.1) is 0 Å². The molecule has 0 bridgehead atoms. The molecule has 0 aliphatic rings. The summed E-state index contributed by atoms with van der Waals surface area (Å²) in [6.45, 7) is 0.405. The largest absolute Gasteiger partial charge is 0.396 e. The topological polar surface area (TPSA) is 162 Å². The van der Waals surface area contributed by atoms with Crippen LogP contribution in [0.3, 0.4) is 0 Å². The number of carbonyl (C=O) groups excluding carboxylic acids is 3. The number of aliphatic hydroxyl groups excluding tert-OH is 3. The van der Waals surface area contributed by atoms with Crippen molar-refractivity contribution in [2.24, 2.45) is 5.73 Å². The highest BCUT2D eigenvalue weighted by Crippen LogP contribution is 2.38. The number of nitrogens with one attached hydrogen (secondary N) is 1. The minimum Gasteiger partial charge on any atom is -0.396 e. The van der Waals surface area contributed by atoms with Gasteiger partial charge in [0, 0.05) is 23.6 Å². The SMILES string of the molecule is CC(=O)N(OCCCO)c1c(I)c(C(N)=O)c(I)c(C(=O)NCC(O)CO)c1I. The number of nitrogens with zero attached hydrogens (tertiary/aromatic N) is 1. The first-order chi connectivity index (χ1) is 13.6. The van der Waals surface area contributed by atoms with Crippen LogP contribution in [0.4, 0.5) is 5.69 Å². The molecule has 29 heavy (non-hydrogen) atoms. The van der Waals surface area contributed by atoms with Crippen LogP contribution in [0.1, 0.15) is 34.1 Å². The molecule has 0 spiro atoms. The van der Waals surface area contributed by atoms with Crippen molar-refractivity contribution >= 4 is 91.2 Å². The number of hydrogen-bond acceptors (Lipinski definition) is 7. The maximum absolute atomic E-state index is 12.8. The lowest BCUT2D eigenvalue weighted by Gasteiger charge is -2.26. The van der Waals surface area contributed by atoms with E-state index in [9.17, 15) is 19.5 Å². The van der Waals surface area contributed by atoms with Gasteiger partial charge < -0.3 is 26.4 Å². The average molecular weight is 747 g/mol. The van der Waals surface area contributed by atoms with Gasteiger partial charge >= 0.3 is 0 Å². The van der Waals surface area contributed by atoms with Gasteiger partial charge in [-0.2, -0.15) is 5.06 Å². The number of primary amides is 1. The molecule has 0 aliphatic carbocycles. The lowest BCUT2D eigenvalue weighted by molar-refractivity contribution is -0.124. The molecule has 1 rings (SSSR count). The summed E-state index contributed by atoms with van der Waals surface area (Å²) >= 11 is 5.54. The van der Waals surface area contributed by atoms with Crippen molar-refractivity contribution < 1.29 is 34.5 Å². The monoisotopic (exact) mass is 747 g/mol. The van der Waals surface area contributed by atoms with Gasteiger partial charge in [-0.05, 0) is 74.2 Å². The first kappa shape index (κ1) is 26.7. The molecule has 3 amide bonds. The van der Waals surface area contributed by atoms with Crippen LogP contribution in [0.2, 0.25) is 0 Å². The van der Waals surface area contributed by atoms with E-state index in [0.29, 0.717) is 7.14 Å². The molecule has 0 radical (unpaired) electrons. The summed E-state index contributed by atoms with van der Waals surface area (Å²) in [7, 11) is 0. The zero-order chi connectivity index (χ0) is 22.3. The summed E-state index contributed by atoms with van der Waals surface area (Å²) in [5.74, 6) is -1.91. The Kier molecular flexibility index (Phi) is 11.5. The number of carbonyl (C=O) groups is 3. The van der Waals surface area contributed by atoms with Crippen LogP contribution in [0.25, 0.3) is 0 Å². The van der Waals surface area contributed by atoms with Gasteiger partial charge in [0.2, 0.25) is 5.91 Å². The lowest BCUT2D eigenvalue weighted by Crippen LogP contribution is -2.37. The summed E-state index contributed by atoms with van der Waals surface area (Å²) in [6.07, 6.45) is -0.875. The number of hydrogen-bond donors (Lipinski definition) is 5. The molecule has 0 saturated heterocycles. The fraction of sp³-hybridized carbons (Fsp3) is 0.438. The number of nitrogens with two attached hydrogens (primary N) is 1. The molecule has 0 aliphatic heterocycles. The number of anilines is 1. The van der Waals surface area contributed by atoms with Crippen LogP contribution in [0.5, 0.6) is 0 Å². The van der Waals surface area contributed by atoms with Gasteiger partial charge in [-0.3, -0.25) is 19.2 Å². The third kappa shape index (κ3) is 6.82. The Morgan fingerprint density at radius 2 is 1.72 bits per heavy atom. The van der Waals surface area contributed by atoms with Gasteiger partial charge in [0.25, 0.3) is 11.8 Å². The highest BCUT2D eigenvalue weighted by Gasteiger charge is 2.31. The molecule has 0 aromatic heterocycles. The van der Waals surface area contributed by atoms with Gasteiger partial charge in [-0.25, -0.2) is 0 Å². The normalized spacial score (nSPS) is 11.8. The molecule has 6 N–H and O–H groups in total. The number of aliphatic hydroxyl groups is 3. The van der Waals surface area contributed by atoms with E-state index >= 15 is 0 Å². The van der Waals surface area contributed by atoms with Crippen molar-refractivity contribution in [2.75, 3.05) is 31.4 Å². The summed E-state index contributed by atoms with van der Waals surface area (Å²) < 4.78 is 0.939. The molecular formula is C16H20I3N3O7. The third-order valence-electron chi connectivity index (χ3n) is 3.49. The highest BCUT2D eigenvalue weighted by molar-refractivity contribution is 14.1. The number of hydroxylamine groups is 1. The Hall–Kier alpha value is -0.340. The minimum absolute atomic E-state index is 0.0321. The molecule has 1 unspecified atom stereocenters. The van der Waals surface area contributed by atoms with E-state index in [1.807, 2.05) is 67.8 Å². The average Bonchev–Trinajstić information content (AvgIpc) is 2.64. The van der Waals surface area contributed by atoms with Crippen molar-refractivity contribution in [2.45, 2.75) is 19.4 Å². The maximum Gasteiger partial charge on any atom is 0.253 e. The van der Waals surface area contributed by atoms with Crippen LogP contribution in [0, 0.1) is 10.7 Å². The zero-order valence-corrected chi connectivity index (χ0v) is 21.7. The zero-order valence-electron chi connectivity index (χ0n) is 15.2. The predicted molar refractivity (Wildman–Crippen MR) is 129 cm³/mol. The van der Waals surface area contributed by atoms with E-state index in [1.54, 1.807) is 0 Å². The second-order valence-corrected chi connectivity index (χ2v) is 8.91. The molecule has 0 fully saturated rings. The Morgan fingerprint density at radius 3 is 2.21 bits per heavy atom. The van der Waals surface area contributed by atoms with E-state index in [2.05, 4.69) is 5.32 Å². The smallest absolute Gasteiger partial charge is 0.253 e. The van der Waals surface area contributed by atoms with Crippen LogP contribution < -0.4 is 16.1 Å². The van der Waals surface area contributed by atoms with E-state index in [4.69, 9.17) is 20.8 Å². The Labute approximate surface area is 207 Å². The fourth-order valence-electron chi connectivity index (χ4n) is 2.14. The molecule has 0 saturated carbocycles. The summed E-state index contributed by atoms with van der Waals surface area (Å²) in [5, 5.41) is 30.8. The van der Waals surface area contributed by atoms with Gasteiger partial charge in [0.05, 0.1) is 37.6 Å². The predicted octanol–water partition coefficient (Wildman–Crippen LogP) is 0.349. The first-order valence-corrected chi connectivity index (χ1v) is 11.4. The fourth-order valence-corrected chi connectivity index (χ4v) is 6.77. The van der Waals surface area contributed by atoms with Crippen molar-refractivity contribution in [3.63, 3.8) is 0 Å². The maximum atomic E-state index is 12.8. The molecular weight excluding hydrogens is 727 g/mol. The van der Waals surface area contributed by atoms with Crippen molar-refractivity contribution in [1.82, 2.24) is 5.32 Å². The molecule has 1 atom stereocenters. The van der Waals surface area contributed by atoms with Gasteiger partial charge in [0.1, 0.15) is 5.69 Å². The molecule has 10 nitrogen and oxygen atoms in total. The van der Waals surface area contributed by atoms with Crippen LogP contribution in [-0.4, -0.2) is 65.5 Å². The number of benzene rings is 1. The quantitative estimate of drug-likeness (QED) is 0.131. The molecule has 0 heterocycles. The van der Waals surface area contributed by atoms with Gasteiger partial charge in [0.15, 0.2) is 0 Å². The Balaban J connectivity index is 3.60. The second-order valence-electron chi connectivity index (χ2n) is 5.68. The Bertz CT molecular complexity index is 792. The number of amides is 3.